The van der Waals surface area contributed by atoms with E-state index in [9.17, 15) is 0 Å². The molecule has 1 aromatic rings. The summed E-state index contributed by atoms with van der Waals surface area (Å²) in [4.78, 5) is 8.62. The molecule has 5 heteroatoms. The van der Waals surface area contributed by atoms with Crippen molar-refractivity contribution < 1.29 is 0 Å². The Morgan fingerprint density at radius 1 is 1.57 bits per heavy atom. The van der Waals surface area contributed by atoms with E-state index in [1.165, 1.54) is 19.3 Å². The minimum absolute atomic E-state index is 0.309. The van der Waals surface area contributed by atoms with Gasteiger partial charge in [0.05, 0.1) is 0 Å². The fourth-order valence-corrected chi connectivity index (χ4v) is 1.41. The number of aromatic nitrogens is 2. The van der Waals surface area contributed by atoms with E-state index in [0.29, 0.717) is 22.7 Å². The molecule has 0 bridgehead atoms. The molecule has 14 heavy (non-hydrogen) atoms. The van der Waals surface area contributed by atoms with E-state index in [1.807, 2.05) is 0 Å². The highest BCUT2D eigenvalue weighted by molar-refractivity contribution is 7.80. The number of nitrogens with two attached hydrogens (primary N) is 1. The zero-order valence-corrected chi connectivity index (χ0v) is 8.55. The molecule has 1 saturated carbocycles. The fourth-order valence-electron chi connectivity index (χ4n) is 1.30. The molecular weight excluding hydrogens is 196 g/mol. The lowest BCUT2D eigenvalue weighted by atomic mass is 9.93. The number of thiocarbonyl (C=S) groups is 1. The minimum Gasteiger partial charge on any atom is -0.388 e. The van der Waals surface area contributed by atoms with Crippen LogP contribution >= 0.6 is 12.2 Å². The topological polar surface area (TPSA) is 63.8 Å². The van der Waals surface area contributed by atoms with Gasteiger partial charge in [-0.3, -0.25) is 0 Å². The van der Waals surface area contributed by atoms with Crippen molar-refractivity contribution in [2.24, 2.45) is 5.73 Å². The first-order chi connectivity index (χ1) is 6.75. The lowest BCUT2D eigenvalue weighted by Crippen LogP contribution is -2.28. The maximum Gasteiger partial charge on any atom is 0.223 e. The zero-order chi connectivity index (χ0) is 9.97. The van der Waals surface area contributed by atoms with Gasteiger partial charge in [-0.05, 0) is 25.3 Å². The fraction of sp³-hybridized carbons (Fsp3) is 0.444. The zero-order valence-electron chi connectivity index (χ0n) is 7.73. The summed E-state index contributed by atoms with van der Waals surface area (Å²) in [5.41, 5.74) is 6.10. The lowest BCUT2D eigenvalue weighted by Gasteiger charge is -2.26. The standard InChI is InChI=1S/C9H12N4S/c10-8(14)7-4-5-11-9(13-7)12-6-2-1-3-6/h4-6H,1-3H2,(H2,10,14)(H,11,12,13). The number of hydrogen-bond acceptors (Lipinski definition) is 4. The van der Waals surface area contributed by atoms with Crippen LogP contribution in [0.25, 0.3) is 0 Å². The van der Waals surface area contributed by atoms with Crippen LogP contribution in [0.2, 0.25) is 0 Å². The molecule has 1 heterocycles. The largest absolute Gasteiger partial charge is 0.388 e. The third-order valence-corrected chi connectivity index (χ3v) is 2.56. The first-order valence-electron chi connectivity index (χ1n) is 4.65. The van der Waals surface area contributed by atoms with Crippen LogP contribution in [0.15, 0.2) is 12.3 Å². The molecule has 0 aromatic carbocycles. The molecule has 0 aliphatic heterocycles. The van der Waals surface area contributed by atoms with Crippen LogP contribution in [0.4, 0.5) is 5.95 Å². The van der Waals surface area contributed by atoms with Crippen molar-refractivity contribution in [2.45, 2.75) is 25.3 Å². The molecule has 0 spiro atoms. The maximum atomic E-state index is 5.47. The van der Waals surface area contributed by atoms with Gasteiger partial charge in [0.25, 0.3) is 0 Å². The Morgan fingerprint density at radius 2 is 2.36 bits per heavy atom. The van der Waals surface area contributed by atoms with Crippen molar-refractivity contribution in [1.29, 1.82) is 0 Å². The van der Waals surface area contributed by atoms with Gasteiger partial charge in [0, 0.05) is 12.2 Å². The molecule has 0 amide bonds. The van der Waals surface area contributed by atoms with Crippen molar-refractivity contribution in [3.05, 3.63) is 18.0 Å². The second-order valence-corrected chi connectivity index (χ2v) is 3.84. The summed E-state index contributed by atoms with van der Waals surface area (Å²) in [6.07, 6.45) is 5.34. The highest BCUT2D eigenvalue weighted by atomic mass is 32.1. The normalized spacial score (nSPS) is 16.0. The van der Waals surface area contributed by atoms with Gasteiger partial charge in [0.1, 0.15) is 10.7 Å². The second kappa shape index (κ2) is 3.88. The van der Waals surface area contributed by atoms with Crippen LogP contribution in [0.3, 0.4) is 0 Å². The number of anilines is 1. The highest BCUT2D eigenvalue weighted by Gasteiger charge is 2.17. The van der Waals surface area contributed by atoms with E-state index in [-0.39, 0.29) is 0 Å². The molecule has 2 rings (SSSR count). The van der Waals surface area contributed by atoms with Gasteiger partial charge in [-0.2, -0.15) is 0 Å². The van der Waals surface area contributed by atoms with Crippen molar-refractivity contribution in [3.63, 3.8) is 0 Å². The predicted octanol–water partition coefficient (Wildman–Crippen LogP) is 1.08. The molecule has 74 valence electrons. The van der Waals surface area contributed by atoms with E-state index in [2.05, 4.69) is 15.3 Å². The van der Waals surface area contributed by atoms with Gasteiger partial charge < -0.3 is 11.1 Å². The smallest absolute Gasteiger partial charge is 0.223 e. The molecular formula is C9H12N4S. The van der Waals surface area contributed by atoms with E-state index >= 15 is 0 Å². The van der Waals surface area contributed by atoms with Crippen LogP contribution in [0.1, 0.15) is 25.0 Å². The quantitative estimate of drug-likeness (QED) is 0.728. The third-order valence-electron chi connectivity index (χ3n) is 2.35. The molecule has 4 nitrogen and oxygen atoms in total. The van der Waals surface area contributed by atoms with Gasteiger partial charge in [-0.15, -0.1) is 0 Å². The molecule has 0 radical (unpaired) electrons. The summed E-state index contributed by atoms with van der Waals surface area (Å²) < 4.78 is 0. The van der Waals surface area contributed by atoms with Gasteiger partial charge in [-0.25, -0.2) is 9.97 Å². The minimum atomic E-state index is 0.309. The van der Waals surface area contributed by atoms with Gasteiger partial charge >= 0.3 is 0 Å². The summed E-state index contributed by atoms with van der Waals surface area (Å²) in [5.74, 6) is 0.625. The monoisotopic (exact) mass is 208 g/mol. The number of nitrogens with zero attached hydrogens (tertiary/aromatic N) is 2. The van der Waals surface area contributed by atoms with Crippen LogP contribution in [0, 0.1) is 0 Å². The van der Waals surface area contributed by atoms with Crippen LogP contribution in [-0.4, -0.2) is 21.0 Å². The second-order valence-electron chi connectivity index (χ2n) is 3.40. The van der Waals surface area contributed by atoms with Crippen molar-refractivity contribution in [2.75, 3.05) is 5.32 Å². The molecule has 1 aromatic heterocycles. The van der Waals surface area contributed by atoms with Gasteiger partial charge in [0.15, 0.2) is 0 Å². The summed E-state index contributed by atoms with van der Waals surface area (Å²) in [6.45, 7) is 0. The number of nitrogens with one attached hydrogen (secondary N) is 1. The van der Waals surface area contributed by atoms with Crippen molar-refractivity contribution in [1.82, 2.24) is 9.97 Å². The van der Waals surface area contributed by atoms with E-state index in [4.69, 9.17) is 18.0 Å². The molecule has 0 atom stereocenters. The van der Waals surface area contributed by atoms with Crippen molar-refractivity contribution in [3.8, 4) is 0 Å². The van der Waals surface area contributed by atoms with Gasteiger partial charge in [-0.1, -0.05) is 12.2 Å². The summed E-state index contributed by atoms with van der Waals surface area (Å²) >= 11 is 4.84. The number of hydrogen-bond donors (Lipinski definition) is 2. The Labute approximate surface area is 87.9 Å². The van der Waals surface area contributed by atoms with E-state index in [1.54, 1.807) is 12.3 Å². The van der Waals surface area contributed by atoms with Gasteiger partial charge in [0.2, 0.25) is 5.95 Å². The predicted molar refractivity (Wildman–Crippen MR) is 59.2 cm³/mol. The Bertz CT molecular complexity index is 348. The summed E-state index contributed by atoms with van der Waals surface area (Å²) in [5, 5.41) is 3.24. The molecule has 0 saturated heterocycles. The van der Waals surface area contributed by atoms with E-state index in [0.717, 1.165) is 0 Å². The van der Waals surface area contributed by atoms with Crippen LogP contribution in [0.5, 0.6) is 0 Å². The average Bonchev–Trinajstić information content (AvgIpc) is 2.12. The van der Waals surface area contributed by atoms with E-state index < -0.39 is 0 Å². The molecule has 0 unspecified atom stereocenters. The lowest BCUT2D eigenvalue weighted by molar-refractivity contribution is 0.443. The first-order valence-corrected chi connectivity index (χ1v) is 5.06. The highest BCUT2D eigenvalue weighted by Crippen LogP contribution is 2.21. The Balaban J connectivity index is 2.09. The first kappa shape index (κ1) is 9.33. The molecule has 1 fully saturated rings. The molecule has 3 N–H and O–H groups in total. The van der Waals surface area contributed by atoms with Crippen LogP contribution < -0.4 is 11.1 Å². The molecule has 1 aliphatic rings. The Morgan fingerprint density at radius 3 is 2.93 bits per heavy atom. The summed E-state index contributed by atoms with van der Waals surface area (Å²) in [7, 11) is 0. The molecule has 1 aliphatic carbocycles. The Kier molecular flexibility index (Phi) is 2.58. The average molecular weight is 208 g/mol. The summed E-state index contributed by atoms with van der Waals surface area (Å²) in [6, 6.07) is 2.24. The maximum absolute atomic E-state index is 5.47. The number of rotatable bonds is 3. The SMILES string of the molecule is NC(=S)c1ccnc(NC2CCC2)n1. The van der Waals surface area contributed by atoms with Crippen LogP contribution in [-0.2, 0) is 0 Å². The third kappa shape index (κ3) is 1.98. The van der Waals surface area contributed by atoms with Crippen molar-refractivity contribution >= 4 is 23.2 Å². The Hall–Kier alpha value is -1.23.